The molecule has 0 atom stereocenters. The Balaban J connectivity index is 2.16. The number of rotatable bonds is 4. The van der Waals surface area contributed by atoms with Gasteiger partial charge in [0.1, 0.15) is 5.75 Å². The van der Waals surface area contributed by atoms with E-state index >= 15 is 0 Å². The minimum absolute atomic E-state index is 0.0124. The summed E-state index contributed by atoms with van der Waals surface area (Å²) in [7, 11) is 0. The fourth-order valence-electron chi connectivity index (χ4n) is 3.68. The molecule has 1 nitrogen and oxygen atoms in total. The Bertz CT molecular complexity index is 1010. The van der Waals surface area contributed by atoms with Crippen LogP contribution in [0.2, 0.25) is 0 Å². The van der Waals surface area contributed by atoms with Crippen molar-refractivity contribution in [1.29, 1.82) is 0 Å². The molecular formula is C29H34O. The van der Waals surface area contributed by atoms with Gasteiger partial charge >= 0.3 is 0 Å². The predicted octanol–water partition coefficient (Wildman–Crippen LogP) is 7.77. The van der Waals surface area contributed by atoms with Gasteiger partial charge in [0.15, 0.2) is 0 Å². The number of phenolic OH excluding ortho intramolecular Hbond substituents is 1. The largest absolute Gasteiger partial charge is 0.507 e. The zero-order chi connectivity index (χ0) is 21.9. The highest BCUT2D eigenvalue weighted by Gasteiger charge is 2.25. The van der Waals surface area contributed by atoms with Crippen LogP contribution in [0.25, 0.3) is 11.6 Å². The highest BCUT2D eigenvalue weighted by molar-refractivity contribution is 5.83. The van der Waals surface area contributed by atoms with Crippen LogP contribution < -0.4 is 0 Å². The summed E-state index contributed by atoms with van der Waals surface area (Å²) in [5.41, 5.74) is 6.68. The summed E-state index contributed by atoms with van der Waals surface area (Å²) in [5, 5.41) is 11.2. The first-order chi connectivity index (χ1) is 14.1. The molecule has 30 heavy (non-hydrogen) atoms. The second-order valence-electron chi connectivity index (χ2n) is 10.2. The molecule has 0 bridgehead atoms. The highest BCUT2D eigenvalue weighted by atomic mass is 16.3. The maximum atomic E-state index is 11.2. The van der Waals surface area contributed by atoms with Crippen LogP contribution >= 0.6 is 0 Å². The standard InChI is InChI=1S/C29H34O/c1-28(2,3)25-19-24(27(30)26(20-25)29(4,5)6)18-23(22-15-11-8-12-16-22)17-21-13-9-7-10-14-21/h7-17,19-20,30H,18H2,1-6H3. The van der Waals surface area contributed by atoms with Crippen molar-refractivity contribution in [2.45, 2.75) is 58.8 Å². The van der Waals surface area contributed by atoms with Gasteiger partial charge in [-0.15, -0.1) is 0 Å². The highest BCUT2D eigenvalue weighted by Crippen LogP contribution is 2.39. The maximum Gasteiger partial charge on any atom is 0.122 e. The van der Waals surface area contributed by atoms with E-state index in [0.717, 1.165) is 11.1 Å². The first-order valence-corrected chi connectivity index (χ1v) is 10.7. The van der Waals surface area contributed by atoms with E-state index in [2.05, 4.69) is 108 Å². The number of hydrogen-bond donors (Lipinski definition) is 1. The Morgan fingerprint density at radius 3 is 1.87 bits per heavy atom. The first kappa shape index (κ1) is 21.9. The van der Waals surface area contributed by atoms with Crippen LogP contribution in [0.4, 0.5) is 0 Å². The average Bonchev–Trinajstić information content (AvgIpc) is 2.68. The summed E-state index contributed by atoms with van der Waals surface area (Å²) in [6, 6.07) is 25.2. The van der Waals surface area contributed by atoms with Gasteiger partial charge in [0, 0.05) is 6.42 Å². The van der Waals surface area contributed by atoms with Crippen molar-refractivity contribution in [3.63, 3.8) is 0 Å². The topological polar surface area (TPSA) is 20.2 Å². The van der Waals surface area contributed by atoms with Gasteiger partial charge in [-0.2, -0.15) is 0 Å². The molecule has 0 saturated carbocycles. The molecule has 1 N–H and O–H groups in total. The number of benzene rings is 3. The molecule has 0 spiro atoms. The molecule has 0 radical (unpaired) electrons. The monoisotopic (exact) mass is 398 g/mol. The lowest BCUT2D eigenvalue weighted by Gasteiger charge is -2.28. The molecule has 0 aromatic heterocycles. The van der Waals surface area contributed by atoms with Gasteiger partial charge in [-0.3, -0.25) is 0 Å². The Hall–Kier alpha value is -2.80. The van der Waals surface area contributed by atoms with E-state index in [1.54, 1.807) is 0 Å². The second kappa shape index (κ2) is 8.52. The number of phenols is 1. The van der Waals surface area contributed by atoms with E-state index in [1.807, 2.05) is 12.1 Å². The van der Waals surface area contributed by atoms with Crippen molar-refractivity contribution >= 4 is 11.6 Å². The van der Waals surface area contributed by atoms with Gasteiger partial charge in [0.05, 0.1) is 0 Å². The summed E-state index contributed by atoms with van der Waals surface area (Å²) in [4.78, 5) is 0. The quantitative estimate of drug-likeness (QED) is 0.445. The van der Waals surface area contributed by atoms with Crippen LogP contribution in [0.5, 0.6) is 5.75 Å². The number of allylic oxidation sites excluding steroid dienone is 1. The van der Waals surface area contributed by atoms with Crippen molar-refractivity contribution in [2.75, 3.05) is 0 Å². The molecule has 156 valence electrons. The molecule has 0 amide bonds. The van der Waals surface area contributed by atoms with E-state index in [9.17, 15) is 5.11 Å². The van der Waals surface area contributed by atoms with Crippen molar-refractivity contribution in [1.82, 2.24) is 0 Å². The lowest BCUT2D eigenvalue weighted by molar-refractivity contribution is 0.439. The van der Waals surface area contributed by atoms with Crippen LogP contribution in [0.3, 0.4) is 0 Å². The summed E-state index contributed by atoms with van der Waals surface area (Å²) < 4.78 is 0. The third kappa shape index (κ3) is 5.21. The molecule has 3 rings (SSSR count). The van der Waals surface area contributed by atoms with Gasteiger partial charge in [-0.1, -0.05) is 120 Å². The van der Waals surface area contributed by atoms with E-state index in [1.165, 1.54) is 22.3 Å². The Morgan fingerprint density at radius 2 is 1.33 bits per heavy atom. The Labute approximate surface area is 182 Å². The molecule has 3 aromatic carbocycles. The molecule has 0 aliphatic heterocycles. The molecule has 0 saturated heterocycles. The van der Waals surface area contributed by atoms with E-state index in [-0.39, 0.29) is 10.8 Å². The minimum Gasteiger partial charge on any atom is -0.507 e. The predicted molar refractivity (Wildman–Crippen MR) is 130 cm³/mol. The average molecular weight is 399 g/mol. The van der Waals surface area contributed by atoms with Gasteiger partial charge in [0.2, 0.25) is 0 Å². The summed E-state index contributed by atoms with van der Waals surface area (Å²) in [5.74, 6) is 0.422. The molecule has 0 heterocycles. The third-order valence-electron chi connectivity index (χ3n) is 5.53. The zero-order valence-electron chi connectivity index (χ0n) is 19.2. The maximum absolute atomic E-state index is 11.2. The molecule has 0 aliphatic carbocycles. The molecule has 0 unspecified atom stereocenters. The van der Waals surface area contributed by atoms with Crippen molar-refractivity contribution in [3.8, 4) is 5.75 Å². The van der Waals surface area contributed by atoms with E-state index < -0.39 is 0 Å². The fraction of sp³-hybridized carbons (Fsp3) is 0.310. The fourth-order valence-corrected chi connectivity index (χ4v) is 3.68. The van der Waals surface area contributed by atoms with Gasteiger partial charge in [0.25, 0.3) is 0 Å². The van der Waals surface area contributed by atoms with Gasteiger partial charge < -0.3 is 5.11 Å². The number of hydrogen-bond acceptors (Lipinski definition) is 1. The normalized spacial score (nSPS) is 12.8. The third-order valence-corrected chi connectivity index (χ3v) is 5.53. The van der Waals surface area contributed by atoms with Crippen molar-refractivity contribution < 1.29 is 5.11 Å². The van der Waals surface area contributed by atoms with Crippen molar-refractivity contribution in [2.24, 2.45) is 0 Å². The summed E-state index contributed by atoms with van der Waals surface area (Å²) >= 11 is 0. The molecule has 0 aliphatic rings. The lowest BCUT2D eigenvalue weighted by atomic mass is 9.78. The van der Waals surface area contributed by atoms with Crippen LogP contribution in [0.1, 0.15) is 69.4 Å². The van der Waals surface area contributed by atoms with Gasteiger partial charge in [-0.25, -0.2) is 0 Å². The molecule has 0 fully saturated rings. The second-order valence-corrected chi connectivity index (χ2v) is 10.2. The van der Waals surface area contributed by atoms with Crippen LogP contribution in [0, 0.1) is 0 Å². The lowest BCUT2D eigenvalue weighted by Crippen LogP contribution is -2.17. The first-order valence-electron chi connectivity index (χ1n) is 10.7. The van der Waals surface area contributed by atoms with E-state index in [0.29, 0.717) is 12.2 Å². The van der Waals surface area contributed by atoms with Crippen LogP contribution in [-0.2, 0) is 17.3 Å². The number of aromatic hydroxyl groups is 1. The summed E-state index contributed by atoms with van der Waals surface area (Å²) in [6.45, 7) is 13.2. The summed E-state index contributed by atoms with van der Waals surface area (Å²) in [6.07, 6.45) is 2.91. The SMILES string of the molecule is CC(C)(C)c1cc(CC(=Cc2ccccc2)c2ccccc2)c(O)c(C(C)(C)C)c1. The molecule has 3 aromatic rings. The zero-order valence-corrected chi connectivity index (χ0v) is 19.2. The Morgan fingerprint density at radius 1 is 0.767 bits per heavy atom. The van der Waals surface area contributed by atoms with Gasteiger partial charge in [-0.05, 0) is 44.2 Å². The van der Waals surface area contributed by atoms with Crippen LogP contribution in [-0.4, -0.2) is 5.11 Å². The minimum atomic E-state index is -0.129. The van der Waals surface area contributed by atoms with E-state index in [4.69, 9.17) is 0 Å². The molecular weight excluding hydrogens is 364 g/mol. The van der Waals surface area contributed by atoms with Crippen LogP contribution in [0.15, 0.2) is 72.8 Å². The van der Waals surface area contributed by atoms with Crippen molar-refractivity contribution in [3.05, 3.63) is 101 Å². The molecule has 1 heteroatoms. The Kier molecular flexibility index (Phi) is 6.22. The smallest absolute Gasteiger partial charge is 0.122 e.